The first-order valence-electron chi connectivity index (χ1n) is 7.28. The smallest absolute Gasteiger partial charge is 0.226 e. The summed E-state index contributed by atoms with van der Waals surface area (Å²) < 4.78 is 5.23. The van der Waals surface area contributed by atoms with Crippen molar-refractivity contribution in [2.24, 2.45) is 0 Å². The molecule has 0 spiro atoms. The molecule has 0 saturated carbocycles. The van der Waals surface area contributed by atoms with Gasteiger partial charge in [-0.3, -0.25) is 4.79 Å². The van der Waals surface area contributed by atoms with Crippen molar-refractivity contribution < 1.29 is 9.53 Å². The number of amides is 1. The van der Waals surface area contributed by atoms with E-state index in [0.29, 0.717) is 34.4 Å². The molecule has 124 valence electrons. The number of hydrogen-bond acceptors (Lipinski definition) is 5. The van der Waals surface area contributed by atoms with E-state index in [4.69, 9.17) is 21.6 Å². The summed E-state index contributed by atoms with van der Waals surface area (Å²) in [6.45, 7) is 2.20. The number of halogens is 1. The predicted octanol–water partition coefficient (Wildman–Crippen LogP) is 3.36. The molecular formula is C17H17ClN4O2. The Balaban J connectivity index is 1.95. The lowest BCUT2D eigenvalue weighted by atomic mass is 10.2. The molecule has 0 bridgehead atoms. The van der Waals surface area contributed by atoms with Crippen LogP contribution in [0.4, 0.5) is 11.5 Å². The zero-order valence-electron chi connectivity index (χ0n) is 13.4. The van der Waals surface area contributed by atoms with E-state index in [-0.39, 0.29) is 12.3 Å². The number of pyridine rings is 1. The third-order valence-corrected chi connectivity index (χ3v) is 3.73. The van der Waals surface area contributed by atoms with Crippen molar-refractivity contribution in [1.82, 2.24) is 4.98 Å². The summed E-state index contributed by atoms with van der Waals surface area (Å²) in [6.07, 6.45) is 1.80. The van der Waals surface area contributed by atoms with E-state index in [2.05, 4.69) is 15.6 Å². The summed E-state index contributed by atoms with van der Waals surface area (Å²) in [7, 11) is 1.52. The number of nitrogens with zero attached hydrogens (tertiary/aromatic N) is 2. The number of carbonyl (C=O) groups excluding carboxylic acids is 1. The maximum Gasteiger partial charge on any atom is 0.226 e. The van der Waals surface area contributed by atoms with E-state index in [1.807, 2.05) is 13.0 Å². The first-order chi connectivity index (χ1) is 11.5. The Bertz CT molecular complexity index is 787. The molecule has 2 N–H and O–H groups in total. The van der Waals surface area contributed by atoms with Crippen molar-refractivity contribution in [2.45, 2.75) is 13.3 Å². The molecule has 0 aliphatic carbocycles. The van der Waals surface area contributed by atoms with Crippen LogP contribution in [0.5, 0.6) is 5.75 Å². The van der Waals surface area contributed by atoms with Crippen LogP contribution < -0.4 is 15.4 Å². The number of benzene rings is 1. The van der Waals surface area contributed by atoms with E-state index >= 15 is 0 Å². The van der Waals surface area contributed by atoms with Gasteiger partial charge in [-0.1, -0.05) is 11.6 Å². The van der Waals surface area contributed by atoms with Gasteiger partial charge in [0.05, 0.1) is 18.4 Å². The van der Waals surface area contributed by atoms with Crippen molar-refractivity contribution >= 4 is 29.0 Å². The van der Waals surface area contributed by atoms with Crippen LogP contribution in [0.15, 0.2) is 30.5 Å². The van der Waals surface area contributed by atoms with Crippen molar-refractivity contribution in [3.63, 3.8) is 0 Å². The minimum absolute atomic E-state index is 0.183. The highest BCUT2D eigenvalue weighted by Crippen LogP contribution is 2.30. The van der Waals surface area contributed by atoms with E-state index in [1.54, 1.807) is 30.5 Å². The number of rotatable bonds is 6. The standard InChI is InChI=1S/C17H17ClN4O2/c1-11-8-14(15(24-2)9-13(11)18)22-16(23)5-7-21-17-12(10-19)4-3-6-20-17/h3-4,6,8-9H,5,7H2,1-2H3,(H,20,21)(H,22,23). The maximum atomic E-state index is 12.1. The molecule has 0 radical (unpaired) electrons. The second-order valence-electron chi connectivity index (χ2n) is 5.04. The summed E-state index contributed by atoms with van der Waals surface area (Å²) in [5.41, 5.74) is 1.85. The van der Waals surface area contributed by atoms with Crippen molar-refractivity contribution in [1.29, 1.82) is 5.26 Å². The molecular weight excluding hydrogens is 328 g/mol. The minimum atomic E-state index is -0.183. The van der Waals surface area contributed by atoms with Gasteiger partial charge < -0.3 is 15.4 Å². The van der Waals surface area contributed by atoms with Crippen LogP contribution in [-0.2, 0) is 4.79 Å². The molecule has 6 nitrogen and oxygen atoms in total. The molecule has 24 heavy (non-hydrogen) atoms. The van der Waals surface area contributed by atoms with E-state index in [9.17, 15) is 4.79 Å². The monoisotopic (exact) mass is 344 g/mol. The summed E-state index contributed by atoms with van der Waals surface area (Å²) in [5.74, 6) is 0.785. The van der Waals surface area contributed by atoms with Crippen LogP contribution in [0.1, 0.15) is 17.5 Å². The molecule has 0 atom stereocenters. The van der Waals surface area contributed by atoms with Gasteiger partial charge in [-0.15, -0.1) is 0 Å². The fraction of sp³-hybridized carbons (Fsp3) is 0.235. The van der Waals surface area contributed by atoms with Gasteiger partial charge in [-0.25, -0.2) is 4.98 Å². The Hall–Kier alpha value is -2.78. The SMILES string of the molecule is COc1cc(Cl)c(C)cc1NC(=O)CCNc1ncccc1C#N. The number of methoxy groups -OCH3 is 1. The summed E-state index contributed by atoms with van der Waals surface area (Å²) in [4.78, 5) is 16.2. The molecule has 0 saturated heterocycles. The molecule has 0 fully saturated rings. The lowest BCUT2D eigenvalue weighted by molar-refractivity contribution is -0.116. The lowest BCUT2D eigenvalue weighted by Crippen LogP contribution is -2.17. The molecule has 0 unspecified atom stereocenters. The number of hydrogen-bond donors (Lipinski definition) is 2. The summed E-state index contributed by atoms with van der Waals surface area (Å²) in [5, 5.41) is 15.3. The first kappa shape index (κ1) is 17.6. The van der Waals surface area contributed by atoms with Crippen LogP contribution in [0, 0.1) is 18.3 Å². The molecule has 1 aromatic heterocycles. The number of carbonyl (C=O) groups is 1. The fourth-order valence-electron chi connectivity index (χ4n) is 2.07. The van der Waals surface area contributed by atoms with E-state index in [0.717, 1.165) is 5.56 Å². The van der Waals surface area contributed by atoms with Crippen molar-refractivity contribution in [3.05, 3.63) is 46.6 Å². The number of aromatic nitrogens is 1. The predicted molar refractivity (Wildman–Crippen MR) is 93.4 cm³/mol. The van der Waals surface area contributed by atoms with Gasteiger partial charge in [0.2, 0.25) is 5.91 Å². The summed E-state index contributed by atoms with van der Waals surface area (Å²) in [6, 6.07) is 8.82. The number of anilines is 2. The Morgan fingerprint density at radius 3 is 2.96 bits per heavy atom. The molecule has 2 aromatic rings. The highest BCUT2D eigenvalue weighted by atomic mass is 35.5. The molecule has 7 heteroatoms. The number of nitriles is 1. The summed E-state index contributed by atoms with van der Waals surface area (Å²) >= 11 is 6.05. The Morgan fingerprint density at radius 1 is 1.46 bits per heavy atom. The normalized spacial score (nSPS) is 9.92. The Labute approximate surface area is 145 Å². The van der Waals surface area contributed by atoms with Gasteiger partial charge in [0, 0.05) is 30.3 Å². The van der Waals surface area contributed by atoms with Crippen LogP contribution in [-0.4, -0.2) is 24.5 Å². The molecule has 1 aromatic carbocycles. The lowest BCUT2D eigenvalue weighted by Gasteiger charge is -2.12. The minimum Gasteiger partial charge on any atom is -0.495 e. The topological polar surface area (TPSA) is 87.0 Å². The third kappa shape index (κ3) is 4.37. The van der Waals surface area contributed by atoms with Crippen LogP contribution in [0.25, 0.3) is 0 Å². The Kier molecular flexibility index (Phi) is 5.99. The molecule has 1 amide bonds. The molecule has 1 heterocycles. The molecule has 0 aliphatic rings. The highest BCUT2D eigenvalue weighted by Gasteiger charge is 2.10. The van der Waals surface area contributed by atoms with Crippen LogP contribution in [0.2, 0.25) is 5.02 Å². The average molecular weight is 345 g/mol. The first-order valence-corrected chi connectivity index (χ1v) is 7.66. The third-order valence-electron chi connectivity index (χ3n) is 3.33. The Morgan fingerprint density at radius 2 is 2.25 bits per heavy atom. The van der Waals surface area contributed by atoms with Crippen molar-refractivity contribution in [2.75, 3.05) is 24.3 Å². The van der Waals surface area contributed by atoms with Gasteiger partial charge in [0.25, 0.3) is 0 Å². The fourth-order valence-corrected chi connectivity index (χ4v) is 2.23. The highest BCUT2D eigenvalue weighted by molar-refractivity contribution is 6.31. The average Bonchev–Trinajstić information content (AvgIpc) is 2.58. The van der Waals surface area contributed by atoms with Gasteiger partial charge in [-0.05, 0) is 30.7 Å². The molecule has 2 rings (SSSR count). The number of aryl methyl sites for hydroxylation is 1. The quantitative estimate of drug-likeness (QED) is 0.839. The number of ether oxygens (including phenoxy) is 1. The van der Waals surface area contributed by atoms with E-state index in [1.165, 1.54) is 7.11 Å². The van der Waals surface area contributed by atoms with Gasteiger partial charge in [0.1, 0.15) is 17.6 Å². The van der Waals surface area contributed by atoms with E-state index < -0.39 is 0 Å². The second-order valence-corrected chi connectivity index (χ2v) is 5.45. The van der Waals surface area contributed by atoms with Gasteiger partial charge >= 0.3 is 0 Å². The number of nitrogens with one attached hydrogen (secondary N) is 2. The van der Waals surface area contributed by atoms with Crippen molar-refractivity contribution in [3.8, 4) is 11.8 Å². The van der Waals surface area contributed by atoms with Crippen LogP contribution in [0.3, 0.4) is 0 Å². The van der Waals surface area contributed by atoms with Gasteiger partial charge in [-0.2, -0.15) is 5.26 Å². The second kappa shape index (κ2) is 8.18. The van der Waals surface area contributed by atoms with Gasteiger partial charge in [0.15, 0.2) is 0 Å². The maximum absolute atomic E-state index is 12.1. The van der Waals surface area contributed by atoms with Crippen LogP contribution >= 0.6 is 11.6 Å². The largest absolute Gasteiger partial charge is 0.495 e. The zero-order chi connectivity index (χ0) is 17.5. The molecule has 0 aliphatic heterocycles. The zero-order valence-corrected chi connectivity index (χ0v) is 14.1.